The molecule has 0 radical (unpaired) electrons. The second-order valence-electron chi connectivity index (χ2n) is 8.47. The van der Waals surface area contributed by atoms with Gasteiger partial charge in [-0.25, -0.2) is 9.97 Å². The number of hydrogen-bond donors (Lipinski definition) is 1. The second-order valence-corrected chi connectivity index (χ2v) is 8.47. The van der Waals surface area contributed by atoms with E-state index in [0.29, 0.717) is 35.9 Å². The Hall–Kier alpha value is -3.55. The zero-order chi connectivity index (χ0) is 23.4. The number of rotatable bonds is 6. The smallest absolute Gasteiger partial charge is 0.254 e. The average molecular weight is 448 g/mol. The third-order valence-electron chi connectivity index (χ3n) is 6.17. The SMILES string of the molecule is Cc1nc([C@H]2CCCCN2C(=O)Cc2c(C)noc2C)ncc1C(=O)NCc1ccccc1. The van der Waals surface area contributed by atoms with Crippen LogP contribution in [0.15, 0.2) is 41.1 Å². The number of likely N-dealkylation sites (tertiary alicyclic amines) is 1. The highest BCUT2D eigenvalue weighted by molar-refractivity contribution is 5.94. The first-order valence-corrected chi connectivity index (χ1v) is 11.3. The van der Waals surface area contributed by atoms with Crippen molar-refractivity contribution in [1.29, 1.82) is 0 Å². The summed E-state index contributed by atoms with van der Waals surface area (Å²) in [4.78, 5) is 36.8. The molecule has 1 atom stereocenters. The summed E-state index contributed by atoms with van der Waals surface area (Å²) >= 11 is 0. The first-order chi connectivity index (χ1) is 15.9. The van der Waals surface area contributed by atoms with Gasteiger partial charge in [-0.1, -0.05) is 35.5 Å². The summed E-state index contributed by atoms with van der Waals surface area (Å²) in [7, 11) is 0. The van der Waals surface area contributed by atoms with Crippen LogP contribution in [0.1, 0.15) is 69.8 Å². The van der Waals surface area contributed by atoms with E-state index < -0.39 is 0 Å². The lowest BCUT2D eigenvalue weighted by Crippen LogP contribution is -2.40. The Labute approximate surface area is 193 Å². The van der Waals surface area contributed by atoms with Crippen LogP contribution in [0.5, 0.6) is 0 Å². The van der Waals surface area contributed by atoms with Gasteiger partial charge in [-0.2, -0.15) is 0 Å². The molecule has 3 aromatic rings. The highest BCUT2D eigenvalue weighted by Crippen LogP contribution is 2.30. The zero-order valence-electron chi connectivity index (χ0n) is 19.3. The number of amides is 2. The first-order valence-electron chi connectivity index (χ1n) is 11.3. The number of aromatic nitrogens is 3. The van der Waals surface area contributed by atoms with Crippen LogP contribution in [0.4, 0.5) is 0 Å². The van der Waals surface area contributed by atoms with Gasteiger partial charge in [-0.15, -0.1) is 0 Å². The lowest BCUT2D eigenvalue weighted by Gasteiger charge is -2.35. The van der Waals surface area contributed by atoms with Gasteiger partial charge in [0.05, 0.1) is 29.4 Å². The standard InChI is InChI=1S/C25H29N5O3/c1-16-21(25(32)27-14-19-9-5-4-6-10-19)15-26-24(28-16)22-11-7-8-12-30(22)23(31)13-20-17(2)29-33-18(20)3/h4-6,9-10,15,22H,7-8,11-14H2,1-3H3,(H,27,32)/t22-/m1/s1. The van der Waals surface area contributed by atoms with Crippen molar-refractivity contribution in [3.8, 4) is 0 Å². The van der Waals surface area contributed by atoms with Gasteiger partial charge in [0.1, 0.15) is 5.76 Å². The van der Waals surface area contributed by atoms with Crippen LogP contribution in [0.3, 0.4) is 0 Å². The minimum atomic E-state index is -0.210. The molecule has 0 spiro atoms. The molecule has 1 aliphatic heterocycles. The van der Waals surface area contributed by atoms with Gasteiger partial charge >= 0.3 is 0 Å². The summed E-state index contributed by atoms with van der Waals surface area (Å²) in [6.45, 7) is 6.58. The van der Waals surface area contributed by atoms with E-state index in [1.807, 2.05) is 56.0 Å². The number of carbonyl (C=O) groups is 2. The molecule has 2 amide bonds. The molecule has 8 nitrogen and oxygen atoms in total. The Balaban J connectivity index is 1.48. The van der Waals surface area contributed by atoms with E-state index in [0.717, 1.165) is 36.1 Å². The summed E-state index contributed by atoms with van der Waals surface area (Å²) in [5, 5.41) is 6.87. The molecule has 2 aromatic heterocycles. The molecular weight excluding hydrogens is 418 g/mol. The molecule has 1 saturated heterocycles. The van der Waals surface area contributed by atoms with Gasteiger partial charge in [-0.05, 0) is 45.6 Å². The van der Waals surface area contributed by atoms with Crippen LogP contribution in [-0.4, -0.2) is 38.4 Å². The summed E-state index contributed by atoms with van der Waals surface area (Å²) in [5.41, 5.74) is 3.66. The Morgan fingerprint density at radius 2 is 1.91 bits per heavy atom. The molecule has 1 aromatic carbocycles. The quantitative estimate of drug-likeness (QED) is 0.619. The molecule has 1 aliphatic rings. The number of hydrogen-bond acceptors (Lipinski definition) is 6. The van der Waals surface area contributed by atoms with Crippen molar-refractivity contribution in [2.45, 2.75) is 59.0 Å². The minimum Gasteiger partial charge on any atom is -0.361 e. The fraction of sp³-hybridized carbons (Fsp3) is 0.400. The molecule has 0 aliphatic carbocycles. The van der Waals surface area contributed by atoms with Crippen LogP contribution in [0.25, 0.3) is 0 Å². The predicted octanol–water partition coefficient (Wildman–Crippen LogP) is 3.62. The van der Waals surface area contributed by atoms with Crippen LogP contribution in [-0.2, 0) is 17.8 Å². The number of nitrogens with one attached hydrogen (secondary N) is 1. The normalized spacial score (nSPS) is 16.0. The summed E-state index contributed by atoms with van der Waals surface area (Å²) in [6, 6.07) is 9.54. The summed E-state index contributed by atoms with van der Waals surface area (Å²) in [5.74, 6) is 1.06. The number of benzene rings is 1. The lowest BCUT2D eigenvalue weighted by atomic mass is 9.99. The van der Waals surface area contributed by atoms with E-state index in [-0.39, 0.29) is 24.3 Å². The monoisotopic (exact) mass is 447 g/mol. The Morgan fingerprint density at radius 3 is 2.61 bits per heavy atom. The van der Waals surface area contributed by atoms with Crippen molar-refractivity contribution < 1.29 is 14.1 Å². The van der Waals surface area contributed by atoms with Gasteiger partial charge < -0.3 is 14.7 Å². The minimum absolute atomic E-state index is 0.0139. The maximum atomic E-state index is 13.2. The van der Waals surface area contributed by atoms with Crippen LogP contribution in [0.2, 0.25) is 0 Å². The zero-order valence-corrected chi connectivity index (χ0v) is 19.3. The largest absolute Gasteiger partial charge is 0.361 e. The molecule has 0 bridgehead atoms. The molecule has 172 valence electrons. The van der Waals surface area contributed by atoms with Crippen molar-refractivity contribution in [1.82, 2.24) is 25.3 Å². The number of aryl methyl sites for hydroxylation is 3. The van der Waals surface area contributed by atoms with Gasteiger partial charge in [0, 0.05) is 24.8 Å². The van der Waals surface area contributed by atoms with Crippen molar-refractivity contribution in [2.24, 2.45) is 0 Å². The van der Waals surface area contributed by atoms with Crippen LogP contribution < -0.4 is 5.32 Å². The van der Waals surface area contributed by atoms with Crippen LogP contribution in [0, 0.1) is 20.8 Å². The average Bonchev–Trinajstić information content (AvgIpc) is 3.15. The third-order valence-corrected chi connectivity index (χ3v) is 6.17. The fourth-order valence-corrected chi connectivity index (χ4v) is 4.25. The maximum absolute atomic E-state index is 13.2. The predicted molar refractivity (Wildman–Crippen MR) is 122 cm³/mol. The van der Waals surface area contributed by atoms with E-state index in [1.165, 1.54) is 0 Å². The molecule has 33 heavy (non-hydrogen) atoms. The third kappa shape index (κ3) is 5.10. The summed E-state index contributed by atoms with van der Waals surface area (Å²) < 4.78 is 5.21. The number of piperidine rings is 1. The van der Waals surface area contributed by atoms with E-state index >= 15 is 0 Å². The molecular formula is C25H29N5O3. The molecule has 8 heteroatoms. The van der Waals surface area contributed by atoms with Gasteiger partial charge in [0.15, 0.2) is 5.82 Å². The Bertz CT molecular complexity index is 1120. The van der Waals surface area contributed by atoms with E-state index in [9.17, 15) is 9.59 Å². The molecule has 4 rings (SSSR count). The Morgan fingerprint density at radius 1 is 1.12 bits per heavy atom. The van der Waals surface area contributed by atoms with Gasteiger partial charge in [0.25, 0.3) is 5.91 Å². The van der Waals surface area contributed by atoms with Gasteiger partial charge in [-0.3, -0.25) is 9.59 Å². The molecule has 0 unspecified atom stereocenters. The fourth-order valence-electron chi connectivity index (χ4n) is 4.25. The van der Waals surface area contributed by atoms with E-state index in [1.54, 1.807) is 6.20 Å². The number of nitrogens with zero attached hydrogens (tertiary/aromatic N) is 4. The second kappa shape index (κ2) is 9.94. The van der Waals surface area contributed by atoms with E-state index in [4.69, 9.17) is 4.52 Å². The summed E-state index contributed by atoms with van der Waals surface area (Å²) in [6.07, 6.45) is 4.57. The van der Waals surface area contributed by atoms with Crippen molar-refractivity contribution in [3.05, 3.63) is 76.2 Å². The van der Waals surface area contributed by atoms with Crippen molar-refractivity contribution in [3.63, 3.8) is 0 Å². The van der Waals surface area contributed by atoms with E-state index in [2.05, 4.69) is 20.4 Å². The van der Waals surface area contributed by atoms with Crippen molar-refractivity contribution >= 4 is 11.8 Å². The molecule has 3 heterocycles. The lowest BCUT2D eigenvalue weighted by molar-refractivity contribution is -0.134. The highest BCUT2D eigenvalue weighted by atomic mass is 16.5. The van der Waals surface area contributed by atoms with Crippen molar-refractivity contribution in [2.75, 3.05) is 6.54 Å². The first kappa shape index (κ1) is 22.6. The highest BCUT2D eigenvalue weighted by Gasteiger charge is 2.31. The molecule has 0 saturated carbocycles. The van der Waals surface area contributed by atoms with Crippen LogP contribution >= 0.6 is 0 Å². The van der Waals surface area contributed by atoms with Gasteiger partial charge in [0.2, 0.25) is 5.91 Å². The maximum Gasteiger partial charge on any atom is 0.254 e. The Kier molecular flexibility index (Phi) is 6.82. The number of carbonyl (C=O) groups excluding carboxylic acids is 2. The molecule has 1 fully saturated rings. The molecule has 1 N–H and O–H groups in total. The topological polar surface area (TPSA) is 101 Å².